The minimum atomic E-state index is -0.563. The van der Waals surface area contributed by atoms with E-state index in [4.69, 9.17) is 4.74 Å². The molecule has 27 heavy (non-hydrogen) atoms. The van der Waals surface area contributed by atoms with Gasteiger partial charge in [-0.25, -0.2) is 0 Å². The zero-order chi connectivity index (χ0) is 19.7. The maximum Gasteiger partial charge on any atom is 0.302 e. The predicted molar refractivity (Wildman–Crippen MR) is 114 cm³/mol. The number of halogens is 3. The van der Waals surface area contributed by atoms with Crippen LogP contribution in [0.1, 0.15) is 11.1 Å². The van der Waals surface area contributed by atoms with Gasteiger partial charge in [0.15, 0.2) is 12.3 Å². The maximum absolute atomic E-state index is 12.1. The lowest BCUT2D eigenvalue weighted by Crippen LogP contribution is -2.09. The van der Waals surface area contributed by atoms with Crippen molar-refractivity contribution >= 4 is 70.3 Å². The number of hydrogen-bond donors (Lipinski definition) is 2. The Labute approximate surface area is 180 Å². The molecule has 1 aromatic heterocycles. The van der Waals surface area contributed by atoms with E-state index in [0.29, 0.717) is 16.7 Å². The molecule has 0 atom stereocenters. The van der Waals surface area contributed by atoms with Gasteiger partial charge in [0, 0.05) is 14.3 Å². The van der Waals surface area contributed by atoms with Crippen molar-refractivity contribution < 1.29 is 14.6 Å². The number of aromatic amines is 1. The largest absolute Gasteiger partial charge is 0.493 e. The highest BCUT2D eigenvalue weighted by Gasteiger charge is 2.14. The molecule has 0 aliphatic carbocycles. The molecule has 0 fully saturated rings. The second-order valence-electron chi connectivity index (χ2n) is 5.89. The van der Waals surface area contributed by atoms with Gasteiger partial charge >= 0.3 is 5.91 Å². The molecule has 0 saturated carbocycles. The van der Waals surface area contributed by atoms with Crippen LogP contribution in [0.3, 0.4) is 0 Å². The Morgan fingerprint density at radius 1 is 1.11 bits per heavy atom. The number of aromatic nitrogens is 1. The van der Waals surface area contributed by atoms with E-state index in [2.05, 4.69) is 63.0 Å². The van der Waals surface area contributed by atoms with Crippen LogP contribution in [-0.2, 0) is 4.79 Å². The van der Waals surface area contributed by atoms with Crippen molar-refractivity contribution in [2.75, 3.05) is 6.61 Å². The van der Waals surface area contributed by atoms with Crippen LogP contribution in [0.2, 0.25) is 0 Å². The van der Waals surface area contributed by atoms with Crippen molar-refractivity contribution in [1.29, 1.82) is 0 Å². The first kappa shape index (κ1) is 20.0. The van der Waals surface area contributed by atoms with Gasteiger partial charge in [-0.2, -0.15) is 0 Å². The summed E-state index contributed by atoms with van der Waals surface area (Å²) < 4.78 is 8.10. The van der Waals surface area contributed by atoms with Gasteiger partial charge in [0.05, 0.1) is 9.99 Å². The second-order valence-corrected chi connectivity index (χ2v) is 8.51. The lowest BCUT2D eigenvalue weighted by Gasteiger charge is -2.09. The van der Waals surface area contributed by atoms with Crippen LogP contribution in [-0.4, -0.2) is 22.6 Å². The molecular formula is C18H14Br3N3O3. The minimum Gasteiger partial charge on any atom is -0.493 e. The van der Waals surface area contributed by atoms with Gasteiger partial charge in [-0.15, -0.1) is 10.2 Å². The summed E-state index contributed by atoms with van der Waals surface area (Å²) in [7, 11) is 0. The molecule has 3 rings (SSSR count). The average molecular weight is 560 g/mol. The molecule has 6 nitrogen and oxygen atoms in total. The molecule has 9 heteroatoms. The Kier molecular flexibility index (Phi) is 6.02. The van der Waals surface area contributed by atoms with E-state index >= 15 is 0 Å². The minimum absolute atomic E-state index is 0.147. The van der Waals surface area contributed by atoms with E-state index in [0.717, 1.165) is 24.5 Å². The molecular weight excluding hydrogens is 546 g/mol. The molecule has 1 heterocycles. The summed E-state index contributed by atoms with van der Waals surface area (Å²) in [6.45, 7) is 3.53. The zero-order valence-electron chi connectivity index (χ0n) is 14.3. The Hall–Kier alpha value is -1.71. The summed E-state index contributed by atoms with van der Waals surface area (Å²) in [5, 5.41) is 18.3. The Morgan fingerprint density at radius 2 is 1.85 bits per heavy atom. The predicted octanol–water partition coefficient (Wildman–Crippen LogP) is 6.47. The summed E-state index contributed by atoms with van der Waals surface area (Å²) >= 11 is 10.2. The molecule has 1 amide bonds. The molecule has 3 aromatic rings. The number of nitrogens with one attached hydrogen (secondary N) is 1. The van der Waals surface area contributed by atoms with E-state index in [9.17, 15) is 9.90 Å². The quantitative estimate of drug-likeness (QED) is 0.359. The molecule has 0 bridgehead atoms. The van der Waals surface area contributed by atoms with Gasteiger partial charge in [-0.1, -0.05) is 31.9 Å². The van der Waals surface area contributed by atoms with Gasteiger partial charge in [0.2, 0.25) is 5.88 Å². The van der Waals surface area contributed by atoms with Crippen LogP contribution in [0, 0.1) is 13.8 Å². The maximum atomic E-state index is 12.1. The molecule has 140 valence electrons. The number of amides is 1. The van der Waals surface area contributed by atoms with Crippen LogP contribution < -0.4 is 4.74 Å². The number of carbonyl (C=O) groups is 1. The highest BCUT2D eigenvalue weighted by molar-refractivity contribution is 9.11. The monoisotopic (exact) mass is 557 g/mol. The first-order valence-electron chi connectivity index (χ1n) is 7.80. The zero-order valence-corrected chi connectivity index (χ0v) is 19.1. The number of H-pyrrole nitrogens is 1. The lowest BCUT2D eigenvalue weighted by molar-refractivity contribution is -0.120. The van der Waals surface area contributed by atoms with Crippen LogP contribution >= 0.6 is 47.8 Å². The van der Waals surface area contributed by atoms with Crippen molar-refractivity contribution in [3.8, 4) is 11.6 Å². The third-order valence-electron chi connectivity index (χ3n) is 3.83. The normalized spacial score (nSPS) is 11.4. The van der Waals surface area contributed by atoms with Gasteiger partial charge < -0.3 is 14.8 Å². The SMILES string of the molecule is Cc1cc2c(N=NC(=O)COc3c(C)cc(Br)cc3Br)c(O)[nH]c2cc1Br. The van der Waals surface area contributed by atoms with Crippen LogP contribution in [0.4, 0.5) is 5.69 Å². The summed E-state index contributed by atoms with van der Waals surface area (Å²) in [6.07, 6.45) is 0. The number of hydrogen-bond acceptors (Lipinski definition) is 4. The van der Waals surface area contributed by atoms with Crippen molar-refractivity contribution in [3.05, 3.63) is 48.8 Å². The fraction of sp³-hybridized carbons (Fsp3) is 0.167. The molecule has 0 aliphatic heterocycles. The van der Waals surface area contributed by atoms with Crippen LogP contribution in [0.5, 0.6) is 11.6 Å². The van der Waals surface area contributed by atoms with Crippen molar-refractivity contribution in [2.45, 2.75) is 13.8 Å². The summed E-state index contributed by atoms with van der Waals surface area (Å²) in [5.74, 6) is -0.143. The number of aromatic hydroxyl groups is 1. The Morgan fingerprint density at radius 3 is 2.56 bits per heavy atom. The number of nitrogens with zero attached hydrogens (tertiary/aromatic N) is 2. The van der Waals surface area contributed by atoms with Crippen LogP contribution in [0.25, 0.3) is 10.9 Å². The number of benzene rings is 2. The van der Waals surface area contributed by atoms with Gasteiger partial charge in [0.25, 0.3) is 0 Å². The molecule has 0 aliphatic rings. The van der Waals surface area contributed by atoms with Crippen molar-refractivity contribution in [3.63, 3.8) is 0 Å². The van der Waals surface area contributed by atoms with E-state index in [1.54, 1.807) is 0 Å². The Balaban J connectivity index is 1.77. The van der Waals surface area contributed by atoms with E-state index < -0.39 is 5.91 Å². The second kappa shape index (κ2) is 8.12. The third kappa shape index (κ3) is 4.41. The number of carbonyl (C=O) groups excluding carboxylic acids is 1. The first-order valence-corrected chi connectivity index (χ1v) is 10.2. The molecule has 0 unspecified atom stereocenters. The fourth-order valence-corrected chi connectivity index (χ4v) is 4.43. The lowest BCUT2D eigenvalue weighted by atomic mass is 10.1. The summed E-state index contributed by atoms with van der Waals surface area (Å²) in [6, 6.07) is 7.41. The molecule has 2 aromatic carbocycles. The number of rotatable bonds is 4. The average Bonchev–Trinajstić information content (AvgIpc) is 2.87. The van der Waals surface area contributed by atoms with E-state index in [1.807, 2.05) is 38.1 Å². The summed E-state index contributed by atoms with van der Waals surface area (Å²) in [4.78, 5) is 14.9. The molecule has 0 saturated heterocycles. The topological polar surface area (TPSA) is 87.0 Å². The van der Waals surface area contributed by atoms with Gasteiger partial charge in [0.1, 0.15) is 5.75 Å². The van der Waals surface area contributed by atoms with Crippen molar-refractivity contribution in [1.82, 2.24) is 4.98 Å². The number of azo groups is 1. The Bertz CT molecular complexity index is 1050. The van der Waals surface area contributed by atoms with E-state index in [-0.39, 0.29) is 18.2 Å². The highest BCUT2D eigenvalue weighted by atomic mass is 79.9. The standard InChI is InChI=1S/C18H14Br3N3O3/c1-8-4-11-14(6-12(8)20)22-18(26)16(11)24-23-15(25)7-27-17-9(2)3-10(19)5-13(17)21/h3-6,22,26H,7H2,1-2H3. The summed E-state index contributed by atoms with van der Waals surface area (Å²) in [5.41, 5.74) is 2.76. The molecule has 0 spiro atoms. The third-order valence-corrected chi connectivity index (χ3v) is 5.73. The number of aryl methyl sites for hydroxylation is 2. The smallest absolute Gasteiger partial charge is 0.302 e. The van der Waals surface area contributed by atoms with Gasteiger partial charge in [-0.3, -0.25) is 4.79 Å². The fourth-order valence-electron chi connectivity index (χ4n) is 2.54. The molecule has 0 radical (unpaired) electrons. The van der Waals surface area contributed by atoms with Crippen LogP contribution in [0.15, 0.2) is 47.9 Å². The first-order chi connectivity index (χ1) is 12.8. The molecule has 2 N–H and O–H groups in total. The van der Waals surface area contributed by atoms with E-state index in [1.165, 1.54) is 0 Å². The van der Waals surface area contributed by atoms with Crippen molar-refractivity contribution in [2.24, 2.45) is 10.2 Å². The highest BCUT2D eigenvalue weighted by Crippen LogP contribution is 2.38. The van der Waals surface area contributed by atoms with Gasteiger partial charge in [-0.05, 0) is 65.2 Å². The number of fused-ring (bicyclic) bond motifs is 1. The number of ether oxygens (including phenoxy) is 1.